The fraction of sp³-hybridized carbons (Fsp3) is 0.611. The molecule has 1 amide bonds. The van der Waals surface area contributed by atoms with Gasteiger partial charge in [-0.25, -0.2) is 9.67 Å². The standard InChI is InChI=1S/C18H24N4OS/c1-11-6-7-17(24-11)15-9-16(15)18(23)21-8-4-5-14(10-21)22-13(3)19-12(2)20-22/h6-7,14-16H,4-5,8-10H2,1-3H3/t14-,15-,16-/m1/s1. The van der Waals surface area contributed by atoms with Crippen molar-refractivity contribution in [1.29, 1.82) is 0 Å². The molecule has 5 nitrogen and oxygen atoms in total. The molecule has 0 unspecified atom stereocenters. The summed E-state index contributed by atoms with van der Waals surface area (Å²) in [5.41, 5.74) is 0. The molecular weight excluding hydrogens is 320 g/mol. The molecule has 2 fully saturated rings. The molecule has 2 aromatic heterocycles. The molecule has 0 spiro atoms. The van der Waals surface area contributed by atoms with Crippen LogP contribution < -0.4 is 0 Å². The lowest BCUT2D eigenvalue weighted by atomic mass is 10.0. The van der Waals surface area contributed by atoms with Crippen molar-refractivity contribution in [2.24, 2.45) is 5.92 Å². The Morgan fingerprint density at radius 1 is 1.29 bits per heavy atom. The number of rotatable bonds is 3. The van der Waals surface area contributed by atoms with Gasteiger partial charge in [0.15, 0.2) is 0 Å². The van der Waals surface area contributed by atoms with E-state index < -0.39 is 0 Å². The summed E-state index contributed by atoms with van der Waals surface area (Å²) in [5, 5.41) is 4.52. The minimum absolute atomic E-state index is 0.195. The van der Waals surface area contributed by atoms with Gasteiger partial charge >= 0.3 is 0 Å². The van der Waals surface area contributed by atoms with Crippen LogP contribution in [0.5, 0.6) is 0 Å². The Morgan fingerprint density at radius 3 is 2.79 bits per heavy atom. The van der Waals surface area contributed by atoms with E-state index in [0.29, 0.717) is 11.8 Å². The molecule has 4 rings (SSSR count). The largest absolute Gasteiger partial charge is 0.340 e. The summed E-state index contributed by atoms with van der Waals surface area (Å²) >= 11 is 1.84. The molecule has 128 valence electrons. The molecule has 0 radical (unpaired) electrons. The highest BCUT2D eigenvalue weighted by Crippen LogP contribution is 2.50. The average Bonchev–Trinajstić information content (AvgIpc) is 3.13. The zero-order valence-corrected chi connectivity index (χ0v) is 15.3. The first-order valence-corrected chi connectivity index (χ1v) is 9.59. The van der Waals surface area contributed by atoms with E-state index in [9.17, 15) is 4.79 Å². The van der Waals surface area contributed by atoms with Crippen LogP contribution in [0.15, 0.2) is 12.1 Å². The first-order chi connectivity index (χ1) is 11.5. The highest BCUT2D eigenvalue weighted by atomic mass is 32.1. The van der Waals surface area contributed by atoms with Crippen LogP contribution in [0.4, 0.5) is 0 Å². The summed E-state index contributed by atoms with van der Waals surface area (Å²) in [7, 11) is 0. The maximum Gasteiger partial charge on any atom is 0.226 e. The molecule has 3 atom stereocenters. The maximum absolute atomic E-state index is 12.9. The second-order valence-corrected chi connectivity index (χ2v) is 8.45. The minimum Gasteiger partial charge on any atom is -0.340 e. The van der Waals surface area contributed by atoms with Gasteiger partial charge in [-0.1, -0.05) is 0 Å². The molecule has 1 aliphatic carbocycles. The van der Waals surface area contributed by atoms with Crippen molar-refractivity contribution < 1.29 is 4.79 Å². The smallest absolute Gasteiger partial charge is 0.226 e. The fourth-order valence-corrected chi connectivity index (χ4v) is 4.96. The molecule has 2 aromatic rings. The van der Waals surface area contributed by atoms with Crippen molar-refractivity contribution in [2.75, 3.05) is 13.1 Å². The van der Waals surface area contributed by atoms with Crippen LogP contribution in [-0.4, -0.2) is 38.7 Å². The number of likely N-dealkylation sites (tertiary alicyclic amines) is 1. The van der Waals surface area contributed by atoms with Crippen LogP contribution in [0.25, 0.3) is 0 Å². The first kappa shape index (κ1) is 15.8. The third-order valence-electron chi connectivity index (χ3n) is 5.20. The second-order valence-electron chi connectivity index (χ2n) is 7.13. The molecule has 24 heavy (non-hydrogen) atoms. The van der Waals surface area contributed by atoms with Gasteiger partial charge in [0.05, 0.1) is 6.04 Å². The van der Waals surface area contributed by atoms with E-state index in [1.807, 2.05) is 29.9 Å². The highest BCUT2D eigenvalue weighted by molar-refractivity contribution is 7.12. The summed E-state index contributed by atoms with van der Waals surface area (Å²) < 4.78 is 2.02. The number of hydrogen-bond acceptors (Lipinski definition) is 4. The summed E-state index contributed by atoms with van der Waals surface area (Å²) in [4.78, 5) is 22.1. The Balaban J connectivity index is 1.43. The third kappa shape index (κ3) is 2.88. The van der Waals surface area contributed by atoms with E-state index in [4.69, 9.17) is 0 Å². The molecule has 3 heterocycles. The average molecular weight is 344 g/mol. The molecule has 1 saturated heterocycles. The van der Waals surface area contributed by atoms with Crippen molar-refractivity contribution >= 4 is 17.2 Å². The first-order valence-electron chi connectivity index (χ1n) is 8.78. The van der Waals surface area contributed by atoms with Crippen LogP contribution >= 0.6 is 11.3 Å². The van der Waals surface area contributed by atoms with Crippen molar-refractivity contribution in [3.8, 4) is 0 Å². The zero-order valence-electron chi connectivity index (χ0n) is 14.5. The highest BCUT2D eigenvalue weighted by Gasteiger charge is 2.47. The summed E-state index contributed by atoms with van der Waals surface area (Å²) in [6, 6.07) is 4.62. The number of aryl methyl sites for hydroxylation is 3. The quantitative estimate of drug-likeness (QED) is 0.859. The van der Waals surface area contributed by atoms with Crippen molar-refractivity contribution in [3.63, 3.8) is 0 Å². The van der Waals surface area contributed by atoms with Crippen molar-refractivity contribution in [3.05, 3.63) is 33.5 Å². The van der Waals surface area contributed by atoms with E-state index in [2.05, 4.69) is 34.0 Å². The van der Waals surface area contributed by atoms with Gasteiger partial charge in [-0.15, -0.1) is 11.3 Å². The van der Waals surface area contributed by atoms with Gasteiger partial charge in [0, 0.05) is 34.7 Å². The van der Waals surface area contributed by atoms with Gasteiger partial charge in [0.2, 0.25) is 5.91 Å². The maximum atomic E-state index is 12.9. The van der Waals surface area contributed by atoms with Crippen LogP contribution in [0.3, 0.4) is 0 Å². The molecular formula is C18H24N4OS. The van der Waals surface area contributed by atoms with Crippen LogP contribution in [-0.2, 0) is 4.79 Å². The Labute approximate surface area is 146 Å². The number of amides is 1. The predicted molar refractivity (Wildman–Crippen MR) is 94.3 cm³/mol. The van der Waals surface area contributed by atoms with E-state index in [-0.39, 0.29) is 12.0 Å². The molecule has 0 N–H and O–H groups in total. The number of piperidine rings is 1. The van der Waals surface area contributed by atoms with Gasteiger partial charge in [-0.05, 0) is 52.2 Å². The molecule has 2 aliphatic rings. The van der Waals surface area contributed by atoms with E-state index in [1.54, 1.807) is 0 Å². The second kappa shape index (κ2) is 5.99. The minimum atomic E-state index is 0.195. The van der Waals surface area contributed by atoms with Gasteiger partial charge in [-0.2, -0.15) is 5.10 Å². The normalized spacial score (nSPS) is 26.6. The summed E-state index contributed by atoms with van der Waals surface area (Å²) in [6.07, 6.45) is 3.14. The molecule has 1 saturated carbocycles. The Morgan fingerprint density at radius 2 is 2.12 bits per heavy atom. The lowest BCUT2D eigenvalue weighted by Gasteiger charge is -2.33. The number of carbonyl (C=O) groups is 1. The Hall–Kier alpha value is -1.69. The van der Waals surface area contributed by atoms with E-state index >= 15 is 0 Å². The summed E-state index contributed by atoms with van der Waals surface area (Å²) in [5.74, 6) is 2.74. The molecule has 1 aliphatic heterocycles. The van der Waals surface area contributed by atoms with Crippen LogP contribution in [0.2, 0.25) is 0 Å². The Bertz CT molecular complexity index is 765. The number of hydrogen-bond donors (Lipinski definition) is 0. The number of nitrogens with zero attached hydrogens (tertiary/aromatic N) is 4. The van der Waals surface area contributed by atoms with Crippen molar-refractivity contribution in [1.82, 2.24) is 19.7 Å². The van der Waals surface area contributed by atoms with Gasteiger partial charge in [0.1, 0.15) is 11.6 Å². The molecule has 0 aromatic carbocycles. The number of carbonyl (C=O) groups excluding carboxylic acids is 1. The molecule has 6 heteroatoms. The number of aromatic nitrogens is 3. The lowest BCUT2D eigenvalue weighted by molar-refractivity contribution is -0.134. The van der Waals surface area contributed by atoms with Gasteiger partial charge < -0.3 is 4.90 Å². The predicted octanol–water partition coefficient (Wildman–Crippen LogP) is 3.23. The lowest BCUT2D eigenvalue weighted by Crippen LogP contribution is -2.42. The number of thiophene rings is 1. The zero-order chi connectivity index (χ0) is 16.8. The van der Waals surface area contributed by atoms with Gasteiger partial charge in [-0.3, -0.25) is 4.79 Å². The van der Waals surface area contributed by atoms with E-state index in [0.717, 1.165) is 44.0 Å². The van der Waals surface area contributed by atoms with Crippen LogP contribution in [0, 0.1) is 26.7 Å². The Kier molecular flexibility index (Phi) is 3.95. The monoisotopic (exact) mass is 344 g/mol. The molecule has 0 bridgehead atoms. The topological polar surface area (TPSA) is 51.0 Å². The van der Waals surface area contributed by atoms with E-state index in [1.165, 1.54) is 9.75 Å². The SMILES string of the molecule is Cc1nc(C)n([C@@H]2CCCN(C(=O)[C@@H]3C[C@H]3c3ccc(C)s3)C2)n1. The van der Waals surface area contributed by atoms with Crippen LogP contribution in [0.1, 0.15) is 52.6 Å². The van der Waals surface area contributed by atoms with Crippen molar-refractivity contribution in [2.45, 2.75) is 52.0 Å². The summed E-state index contributed by atoms with van der Waals surface area (Å²) in [6.45, 7) is 7.71. The fourth-order valence-electron chi connectivity index (χ4n) is 3.91. The van der Waals surface area contributed by atoms with Gasteiger partial charge in [0.25, 0.3) is 0 Å². The third-order valence-corrected chi connectivity index (χ3v) is 6.33.